The number of amides is 2. The van der Waals surface area contributed by atoms with E-state index in [4.69, 9.17) is 33.7 Å². The summed E-state index contributed by atoms with van der Waals surface area (Å²) >= 11 is 12.5. The zero-order valence-electron chi connectivity index (χ0n) is 16.4. The number of aliphatic carboxylic acids is 1. The van der Waals surface area contributed by atoms with Gasteiger partial charge in [-0.2, -0.15) is 0 Å². The summed E-state index contributed by atoms with van der Waals surface area (Å²) in [6, 6.07) is 8.48. The molecule has 2 aromatic carbocycles. The van der Waals surface area contributed by atoms with Gasteiger partial charge in [0.15, 0.2) is 0 Å². The maximum absolute atomic E-state index is 12.5. The number of nitrogens with two attached hydrogens (primary N) is 1. The largest absolute Gasteiger partial charge is 0.480 e. The highest BCUT2D eigenvalue weighted by Crippen LogP contribution is 2.43. The van der Waals surface area contributed by atoms with E-state index in [2.05, 4.69) is 10.6 Å². The number of carboxylic acid groups (broad SMARTS) is 1. The van der Waals surface area contributed by atoms with Crippen molar-refractivity contribution >= 4 is 63.5 Å². The molecule has 10 heteroatoms. The SMILES string of the molecule is COCC(=O)Nc1ccc(/C(C(N)=O)=C2\CC(C(=O)O)Nc3cc(Cl)cc(Cl)c32)cc1. The van der Waals surface area contributed by atoms with E-state index in [1.165, 1.54) is 13.2 Å². The Balaban J connectivity index is 2.13. The number of carboxylic acids is 1. The molecule has 5 N–H and O–H groups in total. The van der Waals surface area contributed by atoms with Crippen molar-refractivity contribution in [3.05, 3.63) is 57.6 Å². The fraction of sp³-hybridized carbons (Fsp3) is 0.190. The maximum Gasteiger partial charge on any atom is 0.326 e. The lowest BCUT2D eigenvalue weighted by Crippen LogP contribution is -2.33. The van der Waals surface area contributed by atoms with Crippen molar-refractivity contribution in [1.29, 1.82) is 0 Å². The number of halogens is 2. The Morgan fingerprint density at radius 3 is 2.48 bits per heavy atom. The lowest BCUT2D eigenvalue weighted by atomic mass is 9.86. The third kappa shape index (κ3) is 4.99. The number of methoxy groups -OCH3 is 1. The summed E-state index contributed by atoms with van der Waals surface area (Å²) in [5.74, 6) is -2.17. The first kappa shape index (κ1) is 22.6. The third-order valence-electron chi connectivity index (χ3n) is 4.67. The number of benzene rings is 2. The van der Waals surface area contributed by atoms with Crippen LogP contribution >= 0.6 is 23.2 Å². The number of carbonyl (C=O) groups is 3. The molecule has 0 saturated heterocycles. The third-order valence-corrected chi connectivity index (χ3v) is 5.19. The van der Waals surface area contributed by atoms with Crippen molar-refractivity contribution < 1.29 is 24.2 Å². The normalized spacial score (nSPS) is 16.7. The number of anilines is 2. The number of ether oxygens (including phenoxy) is 1. The Morgan fingerprint density at radius 2 is 1.90 bits per heavy atom. The first-order chi connectivity index (χ1) is 14.7. The quantitative estimate of drug-likeness (QED) is 0.486. The van der Waals surface area contributed by atoms with Crippen LogP contribution in [-0.2, 0) is 19.1 Å². The van der Waals surface area contributed by atoms with Gasteiger partial charge >= 0.3 is 5.97 Å². The second kappa shape index (κ2) is 9.38. The summed E-state index contributed by atoms with van der Waals surface area (Å²) in [6.07, 6.45) is -0.0196. The smallest absolute Gasteiger partial charge is 0.326 e. The zero-order valence-corrected chi connectivity index (χ0v) is 17.9. The van der Waals surface area contributed by atoms with Gasteiger partial charge in [0, 0.05) is 35.5 Å². The van der Waals surface area contributed by atoms with E-state index in [1.807, 2.05) is 0 Å². The minimum absolute atomic E-state index is 0.0196. The Hall–Kier alpha value is -3.07. The predicted molar refractivity (Wildman–Crippen MR) is 119 cm³/mol. The average Bonchev–Trinajstić information content (AvgIpc) is 2.68. The highest BCUT2D eigenvalue weighted by molar-refractivity contribution is 6.38. The molecular formula is C21H19Cl2N3O5. The van der Waals surface area contributed by atoms with Crippen LogP contribution in [0.1, 0.15) is 17.5 Å². The van der Waals surface area contributed by atoms with Crippen LogP contribution in [0.5, 0.6) is 0 Å². The van der Waals surface area contributed by atoms with Crippen LogP contribution < -0.4 is 16.4 Å². The minimum atomic E-state index is -1.10. The van der Waals surface area contributed by atoms with Gasteiger partial charge in [-0.15, -0.1) is 0 Å². The molecular weight excluding hydrogens is 445 g/mol. The summed E-state index contributed by atoms with van der Waals surface area (Å²) in [7, 11) is 1.41. The number of hydrogen-bond acceptors (Lipinski definition) is 5. The summed E-state index contributed by atoms with van der Waals surface area (Å²) in [6.45, 7) is -0.0975. The van der Waals surface area contributed by atoms with Gasteiger partial charge in [-0.1, -0.05) is 35.3 Å². The number of rotatable bonds is 6. The van der Waals surface area contributed by atoms with Gasteiger partial charge < -0.3 is 26.2 Å². The van der Waals surface area contributed by atoms with Crippen LogP contribution in [0.3, 0.4) is 0 Å². The molecule has 0 saturated carbocycles. The fourth-order valence-corrected chi connectivity index (χ4v) is 4.04. The molecule has 1 atom stereocenters. The van der Waals surface area contributed by atoms with E-state index in [0.717, 1.165) is 0 Å². The minimum Gasteiger partial charge on any atom is -0.480 e. The zero-order chi connectivity index (χ0) is 22.7. The number of carbonyl (C=O) groups excluding carboxylic acids is 2. The van der Waals surface area contributed by atoms with Crippen LogP contribution in [0.15, 0.2) is 36.4 Å². The van der Waals surface area contributed by atoms with Gasteiger partial charge in [-0.25, -0.2) is 4.79 Å². The average molecular weight is 464 g/mol. The molecule has 162 valence electrons. The summed E-state index contributed by atoms with van der Waals surface area (Å²) in [5.41, 5.74) is 8.04. The second-order valence-electron chi connectivity index (χ2n) is 6.83. The first-order valence-corrected chi connectivity index (χ1v) is 9.87. The Morgan fingerprint density at radius 1 is 1.23 bits per heavy atom. The van der Waals surface area contributed by atoms with E-state index in [0.29, 0.717) is 33.1 Å². The maximum atomic E-state index is 12.5. The summed E-state index contributed by atoms with van der Waals surface area (Å²) in [5, 5.41) is 15.7. The van der Waals surface area contributed by atoms with Gasteiger partial charge in [0.25, 0.3) is 0 Å². The Bertz CT molecular complexity index is 1080. The van der Waals surface area contributed by atoms with Gasteiger partial charge in [0.1, 0.15) is 12.6 Å². The molecule has 8 nitrogen and oxygen atoms in total. The van der Waals surface area contributed by atoms with Crippen molar-refractivity contribution in [3.8, 4) is 0 Å². The molecule has 1 aliphatic rings. The highest BCUT2D eigenvalue weighted by atomic mass is 35.5. The summed E-state index contributed by atoms with van der Waals surface area (Å²) < 4.78 is 4.77. The van der Waals surface area contributed by atoms with E-state index >= 15 is 0 Å². The monoisotopic (exact) mass is 463 g/mol. The van der Waals surface area contributed by atoms with Crippen LogP contribution in [-0.4, -0.2) is 42.6 Å². The predicted octanol–water partition coefficient (Wildman–Crippen LogP) is 3.24. The lowest BCUT2D eigenvalue weighted by molar-refractivity contribution is -0.137. The molecule has 0 radical (unpaired) electrons. The van der Waals surface area contributed by atoms with Crippen LogP contribution in [0.25, 0.3) is 11.1 Å². The Kier molecular flexibility index (Phi) is 6.84. The van der Waals surface area contributed by atoms with Crippen molar-refractivity contribution in [2.75, 3.05) is 24.4 Å². The molecule has 0 aliphatic carbocycles. The number of fused-ring (bicyclic) bond motifs is 1. The van der Waals surface area contributed by atoms with E-state index < -0.39 is 17.9 Å². The molecule has 1 aliphatic heterocycles. The van der Waals surface area contributed by atoms with E-state index in [9.17, 15) is 19.5 Å². The van der Waals surface area contributed by atoms with Gasteiger partial charge in [-0.3, -0.25) is 9.59 Å². The van der Waals surface area contributed by atoms with Crippen molar-refractivity contribution in [2.24, 2.45) is 5.73 Å². The molecule has 3 rings (SSSR count). The van der Waals surface area contributed by atoms with Crippen molar-refractivity contribution in [3.63, 3.8) is 0 Å². The van der Waals surface area contributed by atoms with Crippen LogP contribution in [0, 0.1) is 0 Å². The second-order valence-corrected chi connectivity index (χ2v) is 7.67. The van der Waals surface area contributed by atoms with Gasteiger partial charge in [-0.05, 0) is 35.4 Å². The molecule has 31 heavy (non-hydrogen) atoms. The topological polar surface area (TPSA) is 131 Å². The molecule has 0 fully saturated rings. The number of nitrogens with one attached hydrogen (secondary N) is 2. The lowest BCUT2D eigenvalue weighted by Gasteiger charge is -2.29. The van der Waals surface area contributed by atoms with Crippen LogP contribution in [0.2, 0.25) is 10.0 Å². The van der Waals surface area contributed by atoms with Crippen molar-refractivity contribution in [2.45, 2.75) is 12.5 Å². The molecule has 1 unspecified atom stereocenters. The summed E-state index contributed by atoms with van der Waals surface area (Å²) in [4.78, 5) is 35.8. The van der Waals surface area contributed by atoms with Crippen molar-refractivity contribution in [1.82, 2.24) is 0 Å². The molecule has 2 amide bonds. The van der Waals surface area contributed by atoms with E-state index in [-0.39, 0.29) is 29.5 Å². The molecule has 0 bridgehead atoms. The van der Waals surface area contributed by atoms with Gasteiger partial charge in [0.05, 0.1) is 10.6 Å². The standard InChI is InChI=1S/C21H19Cl2N3O5/c1-31-9-17(27)25-12-4-2-10(3-5-12)18(20(24)28)13-8-16(21(29)30)26-15-7-11(22)6-14(23)19(13)15/h2-7,16,26H,8-9H2,1H3,(H2,24,28)(H,25,27)(H,29,30)/b18-13-. The van der Waals surface area contributed by atoms with Crippen LogP contribution in [0.4, 0.5) is 11.4 Å². The van der Waals surface area contributed by atoms with Gasteiger partial charge in [0.2, 0.25) is 11.8 Å². The number of primary amides is 1. The number of hydrogen-bond donors (Lipinski definition) is 4. The molecule has 2 aromatic rings. The van der Waals surface area contributed by atoms with E-state index in [1.54, 1.807) is 30.3 Å². The fourth-order valence-electron chi connectivity index (χ4n) is 3.43. The first-order valence-electron chi connectivity index (χ1n) is 9.12. The Labute approximate surface area is 188 Å². The molecule has 0 spiro atoms. The highest BCUT2D eigenvalue weighted by Gasteiger charge is 2.32. The molecule has 1 heterocycles. The molecule has 0 aromatic heterocycles.